The van der Waals surface area contributed by atoms with Gasteiger partial charge < -0.3 is 14.4 Å². The van der Waals surface area contributed by atoms with Gasteiger partial charge in [-0.25, -0.2) is 0 Å². The number of nitrogens with zero attached hydrogens (tertiary/aromatic N) is 3. The van der Waals surface area contributed by atoms with Gasteiger partial charge in [-0.1, -0.05) is 29.2 Å². The molecule has 1 saturated heterocycles. The maximum absolute atomic E-state index is 12.2. The van der Waals surface area contributed by atoms with E-state index in [9.17, 15) is 9.59 Å². The van der Waals surface area contributed by atoms with E-state index < -0.39 is 0 Å². The number of carbonyl (C=O) groups is 2. The first-order valence-electron chi connectivity index (χ1n) is 9.54. The Morgan fingerprint density at radius 2 is 1.93 bits per heavy atom. The third-order valence-electron chi connectivity index (χ3n) is 4.50. The highest BCUT2D eigenvalue weighted by Gasteiger charge is 2.17. The van der Waals surface area contributed by atoms with E-state index in [1.165, 1.54) is 35.6 Å². The van der Waals surface area contributed by atoms with Crippen molar-refractivity contribution in [3.63, 3.8) is 0 Å². The monoisotopic (exact) mass is 448 g/mol. The van der Waals surface area contributed by atoms with Gasteiger partial charge in [-0.3, -0.25) is 14.9 Å². The molecule has 1 aromatic carbocycles. The van der Waals surface area contributed by atoms with Crippen molar-refractivity contribution in [3.05, 3.63) is 29.8 Å². The number of aromatic nitrogens is 2. The number of benzene rings is 1. The minimum absolute atomic E-state index is 0.123. The SMILES string of the molecule is COc1ccc(/C=C/C(=O)Nc2nnc(SCC(=O)N3CCCCC3)s2)cc1OC. The molecule has 0 unspecified atom stereocenters. The molecule has 8 nitrogen and oxygen atoms in total. The van der Waals surface area contributed by atoms with Gasteiger partial charge in [0.25, 0.3) is 0 Å². The number of methoxy groups -OCH3 is 2. The lowest BCUT2D eigenvalue weighted by atomic mass is 10.1. The van der Waals surface area contributed by atoms with Gasteiger partial charge in [0.05, 0.1) is 20.0 Å². The molecule has 0 aliphatic carbocycles. The molecular formula is C20H24N4O4S2. The molecule has 1 fully saturated rings. The highest BCUT2D eigenvalue weighted by Crippen LogP contribution is 2.28. The van der Waals surface area contributed by atoms with Crippen LogP contribution < -0.4 is 14.8 Å². The number of rotatable bonds is 8. The van der Waals surface area contributed by atoms with Crippen LogP contribution in [0.1, 0.15) is 24.8 Å². The van der Waals surface area contributed by atoms with Crippen LogP contribution in [0.15, 0.2) is 28.6 Å². The minimum atomic E-state index is -0.318. The fourth-order valence-electron chi connectivity index (χ4n) is 2.95. The fraction of sp³-hybridized carbons (Fsp3) is 0.400. The summed E-state index contributed by atoms with van der Waals surface area (Å²) in [6, 6.07) is 5.38. The van der Waals surface area contributed by atoms with Gasteiger partial charge in [0.15, 0.2) is 15.8 Å². The highest BCUT2D eigenvalue weighted by atomic mass is 32.2. The van der Waals surface area contributed by atoms with Gasteiger partial charge >= 0.3 is 0 Å². The summed E-state index contributed by atoms with van der Waals surface area (Å²) in [7, 11) is 3.13. The van der Waals surface area contributed by atoms with E-state index in [4.69, 9.17) is 9.47 Å². The van der Waals surface area contributed by atoms with Crippen LogP contribution in [0, 0.1) is 0 Å². The van der Waals surface area contributed by atoms with Crippen LogP contribution >= 0.6 is 23.1 Å². The van der Waals surface area contributed by atoms with Gasteiger partial charge in [0, 0.05) is 19.2 Å². The average molecular weight is 449 g/mol. The zero-order valence-electron chi connectivity index (χ0n) is 16.9. The second-order valence-electron chi connectivity index (χ2n) is 6.54. The molecule has 1 aromatic heterocycles. The van der Waals surface area contributed by atoms with E-state index in [2.05, 4.69) is 15.5 Å². The number of hydrogen-bond donors (Lipinski definition) is 1. The number of hydrogen-bond acceptors (Lipinski definition) is 8. The normalized spacial score (nSPS) is 14.0. The summed E-state index contributed by atoms with van der Waals surface area (Å²) in [5.74, 6) is 1.35. The molecule has 1 N–H and O–H groups in total. The topological polar surface area (TPSA) is 93.7 Å². The summed E-state index contributed by atoms with van der Waals surface area (Å²) in [5, 5.41) is 11.1. The van der Waals surface area contributed by atoms with Crippen molar-refractivity contribution < 1.29 is 19.1 Å². The molecule has 160 valence electrons. The van der Waals surface area contributed by atoms with Gasteiger partial charge in [-0.05, 0) is 43.0 Å². The summed E-state index contributed by atoms with van der Waals surface area (Å²) < 4.78 is 11.1. The van der Waals surface area contributed by atoms with Crippen molar-refractivity contribution in [1.82, 2.24) is 15.1 Å². The van der Waals surface area contributed by atoms with E-state index in [0.29, 0.717) is 26.7 Å². The first kappa shape index (κ1) is 22.1. The number of likely N-dealkylation sites (tertiary alicyclic amines) is 1. The molecule has 0 spiro atoms. The molecule has 10 heteroatoms. The summed E-state index contributed by atoms with van der Waals surface area (Å²) >= 11 is 2.60. The summed E-state index contributed by atoms with van der Waals surface area (Å²) in [6.45, 7) is 1.67. The van der Waals surface area contributed by atoms with Crippen molar-refractivity contribution >= 4 is 46.1 Å². The largest absolute Gasteiger partial charge is 0.493 e. The van der Waals surface area contributed by atoms with Crippen LogP contribution in [0.4, 0.5) is 5.13 Å². The second kappa shape index (κ2) is 11.0. The van der Waals surface area contributed by atoms with E-state index in [1.54, 1.807) is 32.4 Å². The van der Waals surface area contributed by atoms with Crippen molar-refractivity contribution in [2.24, 2.45) is 0 Å². The molecule has 2 aromatic rings. The number of ether oxygens (including phenoxy) is 2. The maximum Gasteiger partial charge on any atom is 0.250 e. The Labute approximate surface area is 183 Å². The van der Waals surface area contributed by atoms with Crippen molar-refractivity contribution in [3.8, 4) is 11.5 Å². The molecular weight excluding hydrogens is 424 g/mol. The van der Waals surface area contributed by atoms with E-state index >= 15 is 0 Å². The molecule has 0 radical (unpaired) electrons. The molecule has 30 heavy (non-hydrogen) atoms. The van der Waals surface area contributed by atoms with Crippen LogP contribution in [-0.4, -0.2) is 60.0 Å². The number of nitrogens with one attached hydrogen (secondary N) is 1. The predicted octanol–water partition coefficient (Wildman–Crippen LogP) is 3.31. The maximum atomic E-state index is 12.2. The highest BCUT2D eigenvalue weighted by molar-refractivity contribution is 8.01. The smallest absolute Gasteiger partial charge is 0.250 e. The van der Waals surface area contributed by atoms with Crippen molar-refractivity contribution in [2.75, 3.05) is 38.4 Å². The lowest BCUT2D eigenvalue weighted by molar-refractivity contribution is -0.129. The van der Waals surface area contributed by atoms with Crippen molar-refractivity contribution in [1.29, 1.82) is 0 Å². The zero-order chi connectivity index (χ0) is 21.3. The Bertz CT molecular complexity index is 910. The molecule has 3 rings (SSSR count). The molecule has 2 heterocycles. The van der Waals surface area contributed by atoms with E-state index in [-0.39, 0.29) is 11.8 Å². The van der Waals surface area contributed by atoms with E-state index in [0.717, 1.165) is 31.5 Å². The Morgan fingerprint density at radius 1 is 1.17 bits per heavy atom. The lowest BCUT2D eigenvalue weighted by Crippen LogP contribution is -2.36. The average Bonchev–Trinajstić information content (AvgIpc) is 3.23. The second-order valence-corrected chi connectivity index (χ2v) is 8.74. The first-order chi connectivity index (χ1) is 14.6. The van der Waals surface area contributed by atoms with Crippen LogP contribution in [0.2, 0.25) is 0 Å². The standard InChI is InChI=1S/C20H24N4O4S2/c1-27-15-8-6-14(12-16(15)28-2)7-9-17(25)21-19-22-23-20(30-19)29-13-18(26)24-10-4-3-5-11-24/h6-9,12H,3-5,10-11,13H2,1-2H3,(H,21,22,25)/b9-7+. The first-order valence-corrected chi connectivity index (χ1v) is 11.3. The summed E-state index contributed by atoms with van der Waals surface area (Å²) in [5.41, 5.74) is 0.799. The molecule has 0 saturated carbocycles. The minimum Gasteiger partial charge on any atom is -0.493 e. The number of carbonyl (C=O) groups excluding carboxylic acids is 2. The Hall–Kier alpha value is -2.59. The van der Waals surface area contributed by atoms with Crippen LogP contribution in [0.5, 0.6) is 11.5 Å². The third-order valence-corrected chi connectivity index (χ3v) is 6.46. The fourth-order valence-corrected chi connectivity index (χ4v) is 4.61. The van der Waals surface area contributed by atoms with Gasteiger partial charge in [0.2, 0.25) is 16.9 Å². The quantitative estimate of drug-likeness (QED) is 0.376. The lowest BCUT2D eigenvalue weighted by Gasteiger charge is -2.26. The van der Waals surface area contributed by atoms with Crippen LogP contribution in [-0.2, 0) is 9.59 Å². The summed E-state index contributed by atoms with van der Waals surface area (Å²) in [4.78, 5) is 26.3. The number of amides is 2. The van der Waals surface area contributed by atoms with Crippen LogP contribution in [0.3, 0.4) is 0 Å². The Kier molecular flexibility index (Phi) is 8.09. The van der Waals surface area contributed by atoms with Gasteiger partial charge in [0.1, 0.15) is 0 Å². The van der Waals surface area contributed by atoms with Gasteiger partial charge in [-0.15, -0.1) is 10.2 Å². The van der Waals surface area contributed by atoms with E-state index in [1.807, 2.05) is 11.0 Å². The summed E-state index contributed by atoms with van der Waals surface area (Å²) in [6.07, 6.45) is 6.42. The van der Waals surface area contributed by atoms with Gasteiger partial charge in [-0.2, -0.15) is 0 Å². The molecule has 2 amide bonds. The Morgan fingerprint density at radius 3 is 2.67 bits per heavy atom. The van der Waals surface area contributed by atoms with Crippen LogP contribution in [0.25, 0.3) is 6.08 Å². The Balaban J connectivity index is 1.49. The molecule has 1 aliphatic heterocycles. The molecule has 0 bridgehead atoms. The molecule has 0 atom stereocenters. The number of anilines is 1. The third kappa shape index (κ3) is 6.20. The predicted molar refractivity (Wildman–Crippen MR) is 118 cm³/mol. The zero-order valence-corrected chi connectivity index (χ0v) is 18.6. The number of piperidine rings is 1. The van der Waals surface area contributed by atoms with Crippen molar-refractivity contribution in [2.45, 2.75) is 23.6 Å². The molecule has 1 aliphatic rings. The number of thioether (sulfide) groups is 1.